The third-order valence-electron chi connectivity index (χ3n) is 2.37. The summed E-state index contributed by atoms with van der Waals surface area (Å²) >= 11 is 0. The van der Waals surface area contributed by atoms with Crippen molar-refractivity contribution in [3.05, 3.63) is 0 Å². The number of hydrogen-bond donors (Lipinski definition) is 5. The zero-order chi connectivity index (χ0) is 10.7. The van der Waals surface area contributed by atoms with Crippen molar-refractivity contribution < 1.29 is 20.1 Å². The van der Waals surface area contributed by atoms with E-state index in [4.69, 9.17) is 5.11 Å². The molecule has 14 heavy (non-hydrogen) atoms. The molecular weight excluding hydrogens is 188 g/mol. The van der Waals surface area contributed by atoms with Crippen molar-refractivity contribution >= 4 is 5.91 Å². The fourth-order valence-electron chi connectivity index (χ4n) is 1.54. The Labute approximate surface area is 81.9 Å². The van der Waals surface area contributed by atoms with Crippen LogP contribution in [0.1, 0.15) is 6.92 Å². The lowest BCUT2D eigenvalue weighted by Crippen LogP contribution is -2.43. The Morgan fingerprint density at radius 2 is 1.93 bits per heavy atom. The van der Waals surface area contributed by atoms with Crippen molar-refractivity contribution in [3.8, 4) is 0 Å². The van der Waals surface area contributed by atoms with Crippen molar-refractivity contribution in [3.63, 3.8) is 0 Å². The van der Waals surface area contributed by atoms with Crippen LogP contribution in [-0.2, 0) is 4.79 Å². The SMILES string of the molecule is CC(=O)NC[C@H]1NC(CO)[C@@H](O)[C@@H]1O. The third kappa shape index (κ3) is 2.42. The summed E-state index contributed by atoms with van der Waals surface area (Å²) in [4.78, 5) is 10.6. The Morgan fingerprint density at radius 1 is 1.36 bits per heavy atom. The maximum absolute atomic E-state index is 10.6. The van der Waals surface area contributed by atoms with E-state index in [1.54, 1.807) is 0 Å². The Hall–Kier alpha value is -0.690. The van der Waals surface area contributed by atoms with E-state index >= 15 is 0 Å². The lowest BCUT2D eigenvalue weighted by molar-refractivity contribution is -0.119. The maximum atomic E-state index is 10.6. The molecular formula is C8H16N2O4. The minimum absolute atomic E-state index is 0.194. The highest BCUT2D eigenvalue weighted by atomic mass is 16.3. The first-order valence-electron chi connectivity index (χ1n) is 4.53. The van der Waals surface area contributed by atoms with Crippen LogP contribution in [0.4, 0.5) is 0 Å². The van der Waals surface area contributed by atoms with Crippen LogP contribution in [0, 0.1) is 0 Å². The lowest BCUT2D eigenvalue weighted by atomic mass is 10.1. The largest absolute Gasteiger partial charge is 0.395 e. The number of aliphatic hydroxyl groups is 3. The highest BCUT2D eigenvalue weighted by Gasteiger charge is 2.40. The van der Waals surface area contributed by atoms with Gasteiger partial charge in [-0.15, -0.1) is 0 Å². The van der Waals surface area contributed by atoms with Crippen molar-refractivity contribution in [2.45, 2.75) is 31.2 Å². The Morgan fingerprint density at radius 3 is 2.36 bits per heavy atom. The summed E-state index contributed by atoms with van der Waals surface area (Å²) in [5, 5.41) is 33.1. The van der Waals surface area contributed by atoms with Gasteiger partial charge in [0.15, 0.2) is 0 Å². The van der Waals surface area contributed by atoms with Crippen LogP contribution >= 0.6 is 0 Å². The summed E-state index contributed by atoms with van der Waals surface area (Å²) in [6.45, 7) is 1.38. The zero-order valence-electron chi connectivity index (χ0n) is 7.97. The molecule has 0 spiro atoms. The molecule has 4 atom stereocenters. The Bertz CT molecular complexity index is 212. The normalized spacial score (nSPS) is 37.1. The predicted molar refractivity (Wildman–Crippen MR) is 48.5 cm³/mol. The fraction of sp³-hybridized carbons (Fsp3) is 0.875. The van der Waals surface area contributed by atoms with Crippen molar-refractivity contribution in [1.29, 1.82) is 0 Å². The van der Waals surface area contributed by atoms with E-state index in [1.807, 2.05) is 0 Å². The van der Waals surface area contributed by atoms with Crippen LogP contribution < -0.4 is 10.6 Å². The van der Waals surface area contributed by atoms with Gasteiger partial charge in [-0.2, -0.15) is 0 Å². The van der Waals surface area contributed by atoms with Gasteiger partial charge in [-0.25, -0.2) is 0 Å². The van der Waals surface area contributed by atoms with E-state index in [-0.39, 0.29) is 19.1 Å². The van der Waals surface area contributed by atoms with Crippen molar-refractivity contribution in [2.24, 2.45) is 0 Å². The first-order valence-corrected chi connectivity index (χ1v) is 4.53. The Kier molecular flexibility index (Phi) is 3.82. The van der Waals surface area contributed by atoms with Crippen molar-refractivity contribution in [1.82, 2.24) is 10.6 Å². The monoisotopic (exact) mass is 204 g/mol. The molecule has 0 saturated carbocycles. The molecule has 6 nitrogen and oxygen atoms in total. The van der Waals surface area contributed by atoms with Crippen LogP contribution in [0.3, 0.4) is 0 Å². The predicted octanol–water partition coefficient (Wildman–Crippen LogP) is -2.82. The number of aliphatic hydroxyl groups excluding tert-OH is 3. The van der Waals surface area contributed by atoms with Gasteiger partial charge in [-0.05, 0) is 0 Å². The number of carbonyl (C=O) groups excluding carboxylic acids is 1. The molecule has 1 fully saturated rings. The molecule has 1 aliphatic heterocycles. The van der Waals surface area contributed by atoms with Gasteiger partial charge in [0, 0.05) is 13.5 Å². The number of nitrogens with one attached hydrogen (secondary N) is 2. The molecule has 0 aromatic carbocycles. The van der Waals surface area contributed by atoms with Crippen LogP contribution in [0.15, 0.2) is 0 Å². The van der Waals surface area contributed by atoms with Gasteiger partial charge < -0.3 is 26.0 Å². The molecule has 0 aliphatic carbocycles. The zero-order valence-corrected chi connectivity index (χ0v) is 7.97. The van der Waals surface area contributed by atoms with Crippen LogP contribution in [0.5, 0.6) is 0 Å². The van der Waals surface area contributed by atoms with Crippen LogP contribution in [0.25, 0.3) is 0 Å². The number of rotatable bonds is 3. The van der Waals surface area contributed by atoms with Gasteiger partial charge in [-0.3, -0.25) is 4.79 Å². The average Bonchev–Trinajstić information content (AvgIpc) is 2.41. The second-order valence-corrected chi connectivity index (χ2v) is 3.48. The summed E-state index contributed by atoms with van der Waals surface area (Å²) in [7, 11) is 0. The van der Waals surface area contributed by atoms with E-state index < -0.39 is 24.3 Å². The summed E-state index contributed by atoms with van der Waals surface area (Å²) in [6.07, 6.45) is -1.95. The number of amides is 1. The molecule has 1 unspecified atom stereocenters. The quantitative estimate of drug-likeness (QED) is 0.341. The van der Waals surface area contributed by atoms with E-state index in [1.165, 1.54) is 6.92 Å². The first-order chi connectivity index (χ1) is 6.56. The lowest BCUT2D eigenvalue weighted by Gasteiger charge is -2.15. The van der Waals surface area contributed by atoms with Crippen LogP contribution in [-0.4, -0.2) is 58.7 Å². The van der Waals surface area contributed by atoms with E-state index in [0.717, 1.165) is 0 Å². The van der Waals surface area contributed by atoms with E-state index in [2.05, 4.69) is 10.6 Å². The van der Waals surface area contributed by atoms with Gasteiger partial charge in [-0.1, -0.05) is 0 Å². The first kappa shape index (κ1) is 11.4. The molecule has 1 amide bonds. The molecule has 0 aromatic heterocycles. The van der Waals surface area contributed by atoms with Gasteiger partial charge in [0.2, 0.25) is 5.91 Å². The maximum Gasteiger partial charge on any atom is 0.216 e. The van der Waals surface area contributed by atoms with Crippen molar-refractivity contribution in [2.75, 3.05) is 13.2 Å². The minimum atomic E-state index is -0.987. The molecule has 0 aromatic rings. The van der Waals surface area contributed by atoms with Gasteiger partial charge >= 0.3 is 0 Å². The summed E-state index contributed by atoms with van der Waals surface area (Å²) < 4.78 is 0. The Balaban J connectivity index is 2.44. The van der Waals surface area contributed by atoms with Gasteiger partial charge in [0.25, 0.3) is 0 Å². The molecule has 1 heterocycles. The summed E-state index contributed by atoms with van der Waals surface area (Å²) in [6, 6.07) is -0.935. The molecule has 1 rings (SSSR count). The standard InChI is InChI=1S/C8H16N2O4/c1-4(12)9-2-5-7(13)8(14)6(3-11)10-5/h5-8,10-11,13-14H,2-3H2,1H3,(H,9,12)/t5-,6?,7-,8-/m1/s1. The van der Waals surface area contributed by atoms with E-state index in [0.29, 0.717) is 0 Å². The smallest absolute Gasteiger partial charge is 0.216 e. The highest BCUT2D eigenvalue weighted by molar-refractivity contribution is 5.72. The van der Waals surface area contributed by atoms with Gasteiger partial charge in [0.05, 0.1) is 30.9 Å². The minimum Gasteiger partial charge on any atom is -0.395 e. The van der Waals surface area contributed by atoms with Crippen LogP contribution in [0.2, 0.25) is 0 Å². The molecule has 82 valence electrons. The molecule has 5 N–H and O–H groups in total. The molecule has 1 aliphatic rings. The third-order valence-corrected chi connectivity index (χ3v) is 2.37. The molecule has 0 radical (unpaired) electrons. The highest BCUT2D eigenvalue weighted by Crippen LogP contribution is 2.13. The van der Waals surface area contributed by atoms with Gasteiger partial charge in [0.1, 0.15) is 0 Å². The molecule has 0 bridgehead atoms. The molecule has 1 saturated heterocycles. The topological polar surface area (TPSA) is 102 Å². The second kappa shape index (κ2) is 4.70. The number of carbonyl (C=O) groups is 1. The van der Waals surface area contributed by atoms with E-state index in [9.17, 15) is 15.0 Å². The average molecular weight is 204 g/mol. The summed E-state index contributed by atoms with van der Waals surface area (Å²) in [5.74, 6) is -0.194. The summed E-state index contributed by atoms with van der Waals surface area (Å²) in [5.41, 5.74) is 0. The molecule has 6 heteroatoms. The second-order valence-electron chi connectivity index (χ2n) is 3.48. The fourth-order valence-corrected chi connectivity index (χ4v) is 1.54. The number of hydrogen-bond acceptors (Lipinski definition) is 5.